The molecule has 0 fully saturated rings. The first-order valence-corrected chi connectivity index (χ1v) is 6.38. The summed E-state index contributed by atoms with van der Waals surface area (Å²) in [6.07, 6.45) is 4.44. The zero-order valence-corrected chi connectivity index (χ0v) is 10.9. The number of amides is 1. The van der Waals surface area contributed by atoms with Crippen LogP contribution in [-0.2, 0) is 22.4 Å². The Hall–Kier alpha value is -1.88. The van der Waals surface area contributed by atoms with Gasteiger partial charge in [0.1, 0.15) is 0 Å². The highest BCUT2D eigenvalue weighted by atomic mass is 16.4. The Morgan fingerprint density at radius 1 is 1.26 bits per heavy atom. The summed E-state index contributed by atoms with van der Waals surface area (Å²) >= 11 is 0. The van der Waals surface area contributed by atoms with Crippen molar-refractivity contribution in [2.45, 2.75) is 31.7 Å². The summed E-state index contributed by atoms with van der Waals surface area (Å²) in [5, 5.41) is 8.77. The molecule has 1 unspecified atom stereocenters. The van der Waals surface area contributed by atoms with Crippen molar-refractivity contribution >= 4 is 17.6 Å². The Bertz CT molecular complexity index is 513. The fourth-order valence-electron chi connectivity index (χ4n) is 2.37. The maximum absolute atomic E-state index is 11.9. The van der Waals surface area contributed by atoms with Gasteiger partial charge in [0.25, 0.3) is 5.91 Å². The van der Waals surface area contributed by atoms with Gasteiger partial charge in [-0.3, -0.25) is 4.79 Å². The summed E-state index contributed by atoms with van der Waals surface area (Å²) in [6.45, 7) is 0. The third-order valence-electron chi connectivity index (χ3n) is 3.58. The van der Waals surface area contributed by atoms with Gasteiger partial charge in [-0.1, -0.05) is 6.07 Å². The van der Waals surface area contributed by atoms with E-state index in [0.717, 1.165) is 19.3 Å². The molecule has 102 valence electrons. The van der Waals surface area contributed by atoms with Gasteiger partial charge in [-0.2, -0.15) is 0 Å². The third-order valence-corrected chi connectivity index (χ3v) is 3.58. The number of aryl methyl sites for hydroxylation is 2. The van der Waals surface area contributed by atoms with E-state index in [1.807, 2.05) is 18.2 Å². The number of nitrogens with zero attached hydrogens (tertiary/aromatic N) is 1. The van der Waals surface area contributed by atoms with Gasteiger partial charge in [0.05, 0.1) is 0 Å². The van der Waals surface area contributed by atoms with Crippen LogP contribution in [0.15, 0.2) is 18.2 Å². The second-order valence-electron chi connectivity index (χ2n) is 4.87. The smallest absolute Gasteiger partial charge is 0.330 e. The number of hydrogen-bond acceptors (Lipinski definition) is 3. The van der Waals surface area contributed by atoms with Crippen LogP contribution in [0.4, 0.5) is 5.69 Å². The normalized spacial score (nSPS) is 15.5. The molecule has 3 N–H and O–H groups in total. The molecule has 0 aliphatic heterocycles. The molecule has 0 aromatic heterocycles. The number of carbonyl (C=O) groups excluding carboxylic acids is 1. The molecule has 0 radical (unpaired) electrons. The molecule has 0 heterocycles. The lowest BCUT2D eigenvalue weighted by Gasteiger charge is -2.22. The van der Waals surface area contributed by atoms with Crippen molar-refractivity contribution < 1.29 is 14.7 Å². The van der Waals surface area contributed by atoms with Crippen molar-refractivity contribution in [1.82, 2.24) is 0 Å². The van der Waals surface area contributed by atoms with Gasteiger partial charge in [-0.05, 0) is 48.9 Å². The molecule has 2 rings (SSSR count). The Morgan fingerprint density at radius 3 is 2.53 bits per heavy atom. The summed E-state index contributed by atoms with van der Waals surface area (Å²) < 4.78 is 0. The van der Waals surface area contributed by atoms with E-state index < -0.39 is 17.9 Å². The Kier molecular flexibility index (Phi) is 3.85. The predicted octanol–water partition coefficient (Wildman–Crippen LogP) is 0.940. The lowest BCUT2D eigenvalue weighted by molar-refractivity contribution is -0.142. The number of likely N-dealkylation sites (N-methyl/N-ethyl adjacent to an activating group) is 1. The van der Waals surface area contributed by atoms with Gasteiger partial charge in [-0.25, -0.2) is 4.79 Å². The van der Waals surface area contributed by atoms with Crippen LogP contribution in [-0.4, -0.2) is 30.1 Å². The van der Waals surface area contributed by atoms with Gasteiger partial charge in [0, 0.05) is 12.7 Å². The van der Waals surface area contributed by atoms with Crippen LogP contribution in [0, 0.1) is 0 Å². The number of rotatable bonds is 3. The number of hydrogen-bond donors (Lipinski definition) is 2. The lowest BCUT2D eigenvalue weighted by atomic mass is 9.91. The Morgan fingerprint density at radius 2 is 1.89 bits per heavy atom. The minimum absolute atomic E-state index is 0.608. The molecular formula is C14H18N2O3. The standard InChI is InChI=1S/C14H18N2O3/c1-16(13(17)12(15)14(18)19)11-7-6-9-4-2-3-5-10(9)8-11/h6-8,12H,2-5,15H2,1H3,(H,18,19). The van der Waals surface area contributed by atoms with Gasteiger partial charge >= 0.3 is 5.97 Å². The first-order valence-electron chi connectivity index (χ1n) is 6.38. The molecule has 1 aliphatic carbocycles. The van der Waals surface area contributed by atoms with Crippen LogP contribution in [0.25, 0.3) is 0 Å². The monoisotopic (exact) mass is 262 g/mol. The molecule has 1 aromatic carbocycles. The van der Waals surface area contributed by atoms with Crippen LogP contribution >= 0.6 is 0 Å². The lowest BCUT2D eigenvalue weighted by Crippen LogP contribution is -2.46. The number of aliphatic carboxylic acids is 1. The van der Waals surface area contributed by atoms with E-state index in [4.69, 9.17) is 10.8 Å². The van der Waals surface area contributed by atoms with Crippen LogP contribution in [0.3, 0.4) is 0 Å². The topological polar surface area (TPSA) is 83.6 Å². The van der Waals surface area contributed by atoms with Crippen LogP contribution in [0.5, 0.6) is 0 Å². The maximum atomic E-state index is 11.9. The van der Waals surface area contributed by atoms with Gasteiger partial charge in [-0.15, -0.1) is 0 Å². The maximum Gasteiger partial charge on any atom is 0.330 e. The number of nitrogens with two attached hydrogens (primary N) is 1. The van der Waals surface area contributed by atoms with E-state index in [0.29, 0.717) is 5.69 Å². The van der Waals surface area contributed by atoms with Gasteiger partial charge in [0.2, 0.25) is 0 Å². The highest BCUT2D eigenvalue weighted by Crippen LogP contribution is 2.25. The molecule has 1 atom stereocenters. The molecule has 0 bridgehead atoms. The first-order chi connectivity index (χ1) is 9.00. The van der Waals surface area contributed by atoms with E-state index in [1.165, 1.54) is 22.4 Å². The summed E-state index contributed by atoms with van der Waals surface area (Å²) in [7, 11) is 1.55. The van der Waals surface area contributed by atoms with Crippen LogP contribution < -0.4 is 10.6 Å². The first kappa shape index (κ1) is 13.5. The molecule has 0 spiro atoms. The van der Waals surface area contributed by atoms with Gasteiger partial charge < -0.3 is 15.7 Å². The van der Waals surface area contributed by atoms with Crippen molar-refractivity contribution in [2.24, 2.45) is 5.73 Å². The molecule has 5 nitrogen and oxygen atoms in total. The molecule has 0 saturated heterocycles. The second kappa shape index (κ2) is 5.40. The van der Waals surface area contributed by atoms with Gasteiger partial charge in [0.15, 0.2) is 6.04 Å². The fourth-order valence-corrected chi connectivity index (χ4v) is 2.37. The van der Waals surface area contributed by atoms with Crippen molar-refractivity contribution in [2.75, 3.05) is 11.9 Å². The molecule has 1 aromatic rings. The highest BCUT2D eigenvalue weighted by molar-refractivity contribution is 6.08. The average molecular weight is 262 g/mol. The van der Waals surface area contributed by atoms with Crippen molar-refractivity contribution in [3.05, 3.63) is 29.3 Å². The summed E-state index contributed by atoms with van der Waals surface area (Å²) in [5.74, 6) is -1.92. The summed E-state index contributed by atoms with van der Waals surface area (Å²) in [5.41, 5.74) is 8.60. The molecule has 0 saturated carbocycles. The van der Waals surface area contributed by atoms with E-state index in [-0.39, 0.29) is 0 Å². The number of carbonyl (C=O) groups is 2. The highest BCUT2D eigenvalue weighted by Gasteiger charge is 2.25. The molecule has 1 aliphatic rings. The SMILES string of the molecule is CN(C(=O)C(N)C(=O)O)c1ccc2c(c1)CCCC2. The fraction of sp³-hybridized carbons (Fsp3) is 0.429. The number of fused-ring (bicyclic) bond motifs is 1. The van der Waals surface area contributed by atoms with E-state index in [1.54, 1.807) is 7.05 Å². The zero-order chi connectivity index (χ0) is 14.0. The number of carboxylic acids is 1. The molecule has 19 heavy (non-hydrogen) atoms. The number of anilines is 1. The van der Waals surface area contributed by atoms with Crippen molar-refractivity contribution in [1.29, 1.82) is 0 Å². The van der Waals surface area contributed by atoms with E-state index in [9.17, 15) is 9.59 Å². The quantitative estimate of drug-likeness (QED) is 0.794. The van der Waals surface area contributed by atoms with Crippen LogP contribution in [0.1, 0.15) is 24.0 Å². The Labute approximate surface area is 112 Å². The average Bonchev–Trinajstić information content (AvgIpc) is 2.44. The molecule has 5 heteroatoms. The minimum atomic E-state index is -1.51. The predicted molar refractivity (Wildman–Crippen MR) is 72.1 cm³/mol. The largest absolute Gasteiger partial charge is 0.480 e. The number of carboxylic acid groups (broad SMARTS) is 1. The van der Waals surface area contributed by atoms with Crippen LogP contribution in [0.2, 0.25) is 0 Å². The van der Waals surface area contributed by atoms with Crippen molar-refractivity contribution in [3.63, 3.8) is 0 Å². The molecule has 1 amide bonds. The van der Waals surface area contributed by atoms with Crippen molar-refractivity contribution in [3.8, 4) is 0 Å². The van der Waals surface area contributed by atoms with E-state index >= 15 is 0 Å². The molecular weight excluding hydrogens is 244 g/mol. The third kappa shape index (κ3) is 2.76. The summed E-state index contributed by atoms with van der Waals surface area (Å²) in [4.78, 5) is 23.9. The Balaban J connectivity index is 2.22. The second-order valence-corrected chi connectivity index (χ2v) is 4.87. The van der Waals surface area contributed by atoms with E-state index in [2.05, 4.69) is 0 Å². The minimum Gasteiger partial charge on any atom is -0.480 e. The number of benzene rings is 1. The zero-order valence-electron chi connectivity index (χ0n) is 10.9. The summed E-state index contributed by atoms with van der Waals surface area (Å²) in [6, 6.07) is 4.30.